The standard InChI is InChI=1S/C16H20N2S/c1-12-6-7-15(19-12)11-18-10-14-9-17-8-13-4-2-3-5-16(13)14/h2-7,14,17-18H,8-11H2,1H3. The Morgan fingerprint density at radius 1 is 1.26 bits per heavy atom. The van der Waals surface area contributed by atoms with E-state index in [1.165, 1.54) is 20.9 Å². The maximum Gasteiger partial charge on any atom is 0.0300 e. The summed E-state index contributed by atoms with van der Waals surface area (Å²) in [5.41, 5.74) is 2.96. The van der Waals surface area contributed by atoms with Crippen LogP contribution in [-0.2, 0) is 13.1 Å². The molecule has 1 aliphatic rings. The Labute approximate surface area is 118 Å². The lowest BCUT2D eigenvalue weighted by Crippen LogP contribution is -2.34. The third-order valence-electron chi connectivity index (χ3n) is 3.69. The number of nitrogens with one attached hydrogen (secondary N) is 2. The highest BCUT2D eigenvalue weighted by Crippen LogP contribution is 2.23. The Kier molecular flexibility index (Phi) is 3.97. The summed E-state index contributed by atoms with van der Waals surface area (Å²) in [6.45, 7) is 6.28. The van der Waals surface area contributed by atoms with Crippen LogP contribution in [0.4, 0.5) is 0 Å². The Bertz CT molecular complexity index is 547. The van der Waals surface area contributed by atoms with Crippen LogP contribution in [-0.4, -0.2) is 13.1 Å². The Balaban J connectivity index is 1.59. The van der Waals surface area contributed by atoms with E-state index in [1.807, 2.05) is 11.3 Å². The van der Waals surface area contributed by atoms with Gasteiger partial charge in [0.2, 0.25) is 0 Å². The largest absolute Gasteiger partial charge is 0.312 e. The highest BCUT2D eigenvalue weighted by Gasteiger charge is 2.18. The van der Waals surface area contributed by atoms with Crippen LogP contribution in [0.5, 0.6) is 0 Å². The van der Waals surface area contributed by atoms with Crippen LogP contribution in [0.1, 0.15) is 26.8 Å². The van der Waals surface area contributed by atoms with Crippen LogP contribution in [0.2, 0.25) is 0 Å². The molecule has 0 fully saturated rings. The molecule has 2 heterocycles. The zero-order valence-corrected chi connectivity index (χ0v) is 12.1. The van der Waals surface area contributed by atoms with Gasteiger partial charge in [-0.25, -0.2) is 0 Å². The van der Waals surface area contributed by atoms with Crippen molar-refractivity contribution in [3.63, 3.8) is 0 Å². The molecule has 0 radical (unpaired) electrons. The molecule has 1 aromatic carbocycles. The second kappa shape index (κ2) is 5.87. The molecule has 2 N–H and O–H groups in total. The Hall–Kier alpha value is -1.16. The lowest BCUT2D eigenvalue weighted by Gasteiger charge is -2.26. The van der Waals surface area contributed by atoms with Crippen LogP contribution in [0.15, 0.2) is 36.4 Å². The van der Waals surface area contributed by atoms with E-state index in [-0.39, 0.29) is 0 Å². The first-order valence-electron chi connectivity index (χ1n) is 6.87. The van der Waals surface area contributed by atoms with Gasteiger partial charge < -0.3 is 10.6 Å². The van der Waals surface area contributed by atoms with Crippen LogP contribution in [0.3, 0.4) is 0 Å². The molecule has 0 aliphatic carbocycles. The number of hydrogen-bond acceptors (Lipinski definition) is 3. The molecule has 100 valence electrons. The van der Waals surface area contributed by atoms with Crippen molar-refractivity contribution in [2.75, 3.05) is 13.1 Å². The number of benzene rings is 1. The van der Waals surface area contributed by atoms with Crippen molar-refractivity contribution in [2.45, 2.75) is 25.9 Å². The fourth-order valence-corrected chi connectivity index (χ4v) is 3.58. The average molecular weight is 272 g/mol. The van der Waals surface area contributed by atoms with E-state index in [4.69, 9.17) is 0 Å². The molecule has 2 aromatic rings. The van der Waals surface area contributed by atoms with Crippen molar-refractivity contribution >= 4 is 11.3 Å². The van der Waals surface area contributed by atoms with Gasteiger partial charge in [-0.15, -0.1) is 11.3 Å². The lowest BCUT2D eigenvalue weighted by atomic mass is 9.91. The summed E-state index contributed by atoms with van der Waals surface area (Å²) in [6.07, 6.45) is 0. The molecule has 1 aliphatic heterocycles. The first kappa shape index (κ1) is 12.9. The molecule has 3 rings (SSSR count). The minimum atomic E-state index is 0.589. The maximum absolute atomic E-state index is 3.60. The molecular formula is C16H20N2S. The highest BCUT2D eigenvalue weighted by molar-refractivity contribution is 7.11. The number of rotatable bonds is 4. The van der Waals surface area contributed by atoms with Gasteiger partial charge in [0.1, 0.15) is 0 Å². The van der Waals surface area contributed by atoms with Crippen molar-refractivity contribution in [2.24, 2.45) is 0 Å². The zero-order valence-electron chi connectivity index (χ0n) is 11.3. The van der Waals surface area contributed by atoms with Crippen LogP contribution in [0.25, 0.3) is 0 Å². The molecule has 19 heavy (non-hydrogen) atoms. The number of aryl methyl sites for hydroxylation is 1. The quantitative estimate of drug-likeness (QED) is 0.894. The van der Waals surface area contributed by atoms with E-state index >= 15 is 0 Å². The van der Waals surface area contributed by atoms with Crippen LogP contribution < -0.4 is 10.6 Å². The normalized spacial score (nSPS) is 18.3. The van der Waals surface area contributed by atoms with Gasteiger partial charge in [0.25, 0.3) is 0 Å². The van der Waals surface area contributed by atoms with Crippen molar-refractivity contribution < 1.29 is 0 Å². The van der Waals surface area contributed by atoms with E-state index in [2.05, 4.69) is 54.0 Å². The summed E-state index contributed by atoms with van der Waals surface area (Å²) >= 11 is 1.88. The first-order chi connectivity index (χ1) is 9.33. The minimum Gasteiger partial charge on any atom is -0.312 e. The third kappa shape index (κ3) is 3.06. The maximum atomic E-state index is 3.60. The molecule has 1 unspecified atom stereocenters. The van der Waals surface area contributed by atoms with Gasteiger partial charge in [0.05, 0.1) is 0 Å². The molecule has 0 spiro atoms. The molecule has 0 saturated heterocycles. The van der Waals surface area contributed by atoms with Crippen molar-refractivity contribution in [1.29, 1.82) is 0 Å². The second-order valence-electron chi connectivity index (χ2n) is 5.17. The molecule has 2 nitrogen and oxygen atoms in total. The molecule has 0 bridgehead atoms. The number of hydrogen-bond donors (Lipinski definition) is 2. The third-order valence-corrected chi connectivity index (χ3v) is 4.69. The summed E-state index contributed by atoms with van der Waals surface area (Å²) in [6, 6.07) is 13.2. The van der Waals surface area contributed by atoms with Crippen molar-refractivity contribution in [1.82, 2.24) is 10.6 Å². The van der Waals surface area contributed by atoms with Crippen LogP contribution in [0, 0.1) is 6.92 Å². The predicted octanol–water partition coefficient (Wildman–Crippen LogP) is 3.03. The monoisotopic (exact) mass is 272 g/mol. The summed E-state index contributed by atoms with van der Waals surface area (Å²) < 4.78 is 0. The van der Waals surface area contributed by atoms with Gasteiger partial charge in [0, 0.05) is 41.9 Å². The summed E-state index contributed by atoms with van der Waals surface area (Å²) in [5.74, 6) is 0.589. The smallest absolute Gasteiger partial charge is 0.0300 e. The molecule has 0 amide bonds. The zero-order chi connectivity index (χ0) is 13.1. The predicted molar refractivity (Wildman–Crippen MR) is 81.7 cm³/mol. The molecule has 3 heteroatoms. The molecule has 0 saturated carbocycles. The topological polar surface area (TPSA) is 24.1 Å². The van der Waals surface area contributed by atoms with E-state index in [0.717, 1.165) is 26.2 Å². The van der Waals surface area contributed by atoms with E-state index in [0.29, 0.717) is 5.92 Å². The van der Waals surface area contributed by atoms with Crippen LogP contribution >= 0.6 is 11.3 Å². The molecular weight excluding hydrogens is 252 g/mol. The van der Waals surface area contributed by atoms with Gasteiger partial charge in [-0.1, -0.05) is 24.3 Å². The minimum absolute atomic E-state index is 0.589. The van der Waals surface area contributed by atoms with Gasteiger partial charge >= 0.3 is 0 Å². The van der Waals surface area contributed by atoms with E-state index in [9.17, 15) is 0 Å². The van der Waals surface area contributed by atoms with Gasteiger partial charge in [-0.05, 0) is 30.2 Å². The van der Waals surface area contributed by atoms with Crippen molar-refractivity contribution in [3.8, 4) is 0 Å². The van der Waals surface area contributed by atoms with Crippen molar-refractivity contribution in [3.05, 3.63) is 57.3 Å². The summed E-state index contributed by atoms with van der Waals surface area (Å²) in [5, 5.41) is 7.10. The van der Waals surface area contributed by atoms with Gasteiger partial charge in [-0.2, -0.15) is 0 Å². The fraction of sp³-hybridized carbons (Fsp3) is 0.375. The fourth-order valence-electron chi connectivity index (χ4n) is 2.72. The number of thiophene rings is 1. The lowest BCUT2D eigenvalue weighted by molar-refractivity contribution is 0.504. The summed E-state index contributed by atoms with van der Waals surface area (Å²) in [7, 11) is 0. The second-order valence-corrected chi connectivity index (χ2v) is 6.54. The summed E-state index contributed by atoms with van der Waals surface area (Å²) in [4.78, 5) is 2.82. The van der Waals surface area contributed by atoms with E-state index in [1.54, 1.807) is 0 Å². The Morgan fingerprint density at radius 3 is 3.00 bits per heavy atom. The molecule has 1 aromatic heterocycles. The van der Waals surface area contributed by atoms with Gasteiger partial charge in [0.15, 0.2) is 0 Å². The molecule has 1 atom stereocenters. The highest BCUT2D eigenvalue weighted by atomic mass is 32.1. The SMILES string of the molecule is Cc1ccc(CNCC2CNCc3ccccc32)s1. The first-order valence-corrected chi connectivity index (χ1v) is 7.69. The Morgan fingerprint density at radius 2 is 2.16 bits per heavy atom. The average Bonchev–Trinajstić information content (AvgIpc) is 2.85. The van der Waals surface area contributed by atoms with E-state index < -0.39 is 0 Å². The number of fused-ring (bicyclic) bond motifs is 1. The van der Waals surface area contributed by atoms with Gasteiger partial charge in [-0.3, -0.25) is 0 Å².